The maximum Gasteiger partial charge on any atom is 0.328 e. The average Bonchev–Trinajstić information content (AvgIpc) is 3.42. The van der Waals surface area contributed by atoms with Gasteiger partial charge in [0.25, 0.3) is 0 Å². The molecule has 7 heteroatoms. The van der Waals surface area contributed by atoms with Gasteiger partial charge in [-0.2, -0.15) is 4.68 Å². The van der Waals surface area contributed by atoms with Crippen LogP contribution in [-0.2, 0) is 19.5 Å². The quantitative estimate of drug-likeness (QED) is 0.468. The van der Waals surface area contributed by atoms with Crippen LogP contribution in [-0.4, -0.2) is 29.3 Å². The second-order valence-corrected chi connectivity index (χ2v) is 6.85. The van der Waals surface area contributed by atoms with Crippen molar-refractivity contribution in [1.82, 2.24) is 29.3 Å². The minimum Gasteiger partial charge on any atom is -0.299 e. The summed E-state index contributed by atoms with van der Waals surface area (Å²) in [6.07, 6.45) is 4.05. The summed E-state index contributed by atoms with van der Waals surface area (Å²) >= 11 is 0. The van der Waals surface area contributed by atoms with Crippen LogP contribution in [0.15, 0.2) is 65.8 Å². The Labute approximate surface area is 174 Å². The molecule has 0 spiro atoms. The molecule has 150 valence electrons. The van der Waals surface area contributed by atoms with Gasteiger partial charge in [-0.25, -0.2) is 4.79 Å². The van der Waals surface area contributed by atoms with Gasteiger partial charge < -0.3 is 0 Å². The van der Waals surface area contributed by atoms with Gasteiger partial charge in [-0.15, -0.1) is 11.0 Å². The standard InChI is InChI=1S/C23H22N6O/c1-3-5-8-20-16-27(4-2)23(30)28(20)15-18-11-13-19(14-12-18)21-9-6-7-10-22(21)29-17-24-25-26-29/h6-7,9-14,16-17H,4,8,15H2,1-2H3. The topological polar surface area (TPSA) is 70.5 Å². The molecule has 2 heterocycles. The van der Waals surface area contributed by atoms with Gasteiger partial charge in [-0.05, 0) is 41.5 Å². The minimum atomic E-state index is -0.00138. The first-order valence-corrected chi connectivity index (χ1v) is 9.81. The van der Waals surface area contributed by atoms with Crippen molar-refractivity contribution in [2.75, 3.05) is 0 Å². The van der Waals surface area contributed by atoms with Crippen LogP contribution < -0.4 is 5.69 Å². The molecule has 0 radical (unpaired) electrons. The van der Waals surface area contributed by atoms with Crippen LogP contribution in [0.1, 0.15) is 25.1 Å². The molecule has 0 amide bonds. The van der Waals surface area contributed by atoms with Crippen LogP contribution in [0.5, 0.6) is 0 Å². The number of benzene rings is 2. The summed E-state index contributed by atoms with van der Waals surface area (Å²) in [5.74, 6) is 5.97. The summed E-state index contributed by atoms with van der Waals surface area (Å²) in [5.41, 5.74) is 4.99. The third-order valence-electron chi connectivity index (χ3n) is 5.02. The molecule has 4 rings (SSSR count). The number of hydrogen-bond acceptors (Lipinski definition) is 4. The van der Waals surface area contributed by atoms with Crippen LogP contribution >= 0.6 is 0 Å². The Kier molecular flexibility index (Phi) is 5.57. The lowest BCUT2D eigenvalue weighted by Crippen LogP contribution is -2.25. The van der Waals surface area contributed by atoms with E-state index < -0.39 is 0 Å². The van der Waals surface area contributed by atoms with E-state index in [0.29, 0.717) is 19.5 Å². The number of rotatable bonds is 6. The Morgan fingerprint density at radius 3 is 2.57 bits per heavy atom. The van der Waals surface area contributed by atoms with E-state index in [4.69, 9.17) is 0 Å². The number of imidazole rings is 1. The summed E-state index contributed by atoms with van der Waals surface area (Å²) in [5, 5.41) is 11.5. The molecule has 2 aromatic carbocycles. The van der Waals surface area contributed by atoms with E-state index in [1.54, 1.807) is 20.1 Å². The van der Waals surface area contributed by atoms with Gasteiger partial charge in [-0.3, -0.25) is 9.13 Å². The summed E-state index contributed by atoms with van der Waals surface area (Å²) in [6, 6.07) is 16.2. The van der Waals surface area contributed by atoms with Crippen molar-refractivity contribution in [1.29, 1.82) is 0 Å². The molecule has 0 aliphatic carbocycles. The van der Waals surface area contributed by atoms with E-state index in [9.17, 15) is 4.79 Å². The Balaban J connectivity index is 1.64. The van der Waals surface area contributed by atoms with E-state index in [1.807, 2.05) is 44.3 Å². The SMILES string of the molecule is CC#CCc1cn(CC)c(=O)n1Cc1ccc(-c2ccccc2-n2cnnn2)cc1. The molecule has 30 heavy (non-hydrogen) atoms. The summed E-state index contributed by atoms with van der Waals surface area (Å²) in [7, 11) is 0. The summed E-state index contributed by atoms with van der Waals surface area (Å²) in [6.45, 7) is 4.94. The van der Waals surface area contributed by atoms with E-state index in [1.165, 1.54) is 0 Å². The van der Waals surface area contributed by atoms with Gasteiger partial charge in [0, 0.05) is 18.3 Å². The lowest BCUT2D eigenvalue weighted by Gasteiger charge is -2.10. The van der Waals surface area contributed by atoms with Crippen LogP contribution in [0.25, 0.3) is 16.8 Å². The predicted molar refractivity (Wildman–Crippen MR) is 115 cm³/mol. The lowest BCUT2D eigenvalue weighted by atomic mass is 10.0. The van der Waals surface area contributed by atoms with Gasteiger partial charge >= 0.3 is 5.69 Å². The van der Waals surface area contributed by atoms with Gasteiger partial charge in [0.15, 0.2) is 0 Å². The van der Waals surface area contributed by atoms with Crippen molar-refractivity contribution in [3.8, 4) is 28.7 Å². The Morgan fingerprint density at radius 2 is 1.87 bits per heavy atom. The molecule has 0 saturated carbocycles. The van der Waals surface area contributed by atoms with E-state index in [2.05, 4.69) is 51.6 Å². The molecule has 0 fully saturated rings. The zero-order valence-electron chi connectivity index (χ0n) is 17.0. The maximum absolute atomic E-state index is 12.7. The average molecular weight is 398 g/mol. The van der Waals surface area contributed by atoms with E-state index in [0.717, 1.165) is 28.1 Å². The highest BCUT2D eigenvalue weighted by molar-refractivity contribution is 5.72. The minimum absolute atomic E-state index is 0.00138. The molecule has 0 saturated heterocycles. The van der Waals surface area contributed by atoms with Crippen LogP contribution in [0.3, 0.4) is 0 Å². The molecule has 0 aliphatic rings. The first-order chi connectivity index (χ1) is 14.7. The lowest BCUT2D eigenvalue weighted by molar-refractivity contribution is 0.661. The van der Waals surface area contributed by atoms with Gasteiger partial charge in [0.2, 0.25) is 0 Å². The molecule has 0 unspecified atom stereocenters. The van der Waals surface area contributed by atoms with Gasteiger partial charge in [-0.1, -0.05) is 48.4 Å². The van der Waals surface area contributed by atoms with Crippen molar-refractivity contribution in [3.05, 3.63) is 82.8 Å². The summed E-state index contributed by atoms with van der Waals surface area (Å²) < 4.78 is 5.18. The third kappa shape index (κ3) is 3.80. The Morgan fingerprint density at radius 1 is 1.07 bits per heavy atom. The van der Waals surface area contributed by atoms with Crippen LogP contribution in [0.4, 0.5) is 0 Å². The number of tetrazole rings is 1. The first-order valence-electron chi connectivity index (χ1n) is 9.81. The Hall–Kier alpha value is -3.92. The van der Waals surface area contributed by atoms with Crippen molar-refractivity contribution in [3.63, 3.8) is 0 Å². The second-order valence-electron chi connectivity index (χ2n) is 6.85. The molecule has 0 aliphatic heterocycles. The number of hydrogen-bond donors (Lipinski definition) is 0. The summed E-state index contributed by atoms with van der Waals surface area (Å²) in [4.78, 5) is 12.7. The molecule has 2 aromatic heterocycles. The molecule has 0 atom stereocenters. The largest absolute Gasteiger partial charge is 0.328 e. The highest BCUT2D eigenvalue weighted by Gasteiger charge is 2.11. The highest BCUT2D eigenvalue weighted by atomic mass is 16.1. The zero-order chi connectivity index (χ0) is 20.9. The van der Waals surface area contributed by atoms with Gasteiger partial charge in [0.05, 0.1) is 24.3 Å². The fourth-order valence-electron chi connectivity index (χ4n) is 3.46. The molecular formula is C23H22N6O. The molecule has 0 N–H and O–H groups in total. The van der Waals surface area contributed by atoms with Gasteiger partial charge in [0.1, 0.15) is 6.33 Å². The monoisotopic (exact) mass is 398 g/mol. The highest BCUT2D eigenvalue weighted by Crippen LogP contribution is 2.26. The van der Waals surface area contributed by atoms with Crippen molar-refractivity contribution in [2.45, 2.75) is 33.4 Å². The molecular weight excluding hydrogens is 376 g/mol. The molecule has 4 aromatic rings. The number of nitrogens with zero attached hydrogens (tertiary/aromatic N) is 6. The smallest absolute Gasteiger partial charge is 0.299 e. The molecule has 7 nitrogen and oxygen atoms in total. The number of aryl methyl sites for hydroxylation is 1. The van der Waals surface area contributed by atoms with Crippen molar-refractivity contribution in [2.24, 2.45) is 0 Å². The second kappa shape index (κ2) is 8.62. The van der Waals surface area contributed by atoms with Crippen LogP contribution in [0, 0.1) is 11.8 Å². The molecule has 0 bridgehead atoms. The predicted octanol–water partition coefficient (Wildman–Crippen LogP) is 2.93. The number of aromatic nitrogens is 6. The van der Waals surface area contributed by atoms with Crippen LogP contribution in [0.2, 0.25) is 0 Å². The van der Waals surface area contributed by atoms with Crippen molar-refractivity contribution >= 4 is 0 Å². The fourth-order valence-corrected chi connectivity index (χ4v) is 3.46. The normalized spacial score (nSPS) is 10.6. The fraction of sp³-hybridized carbons (Fsp3) is 0.217. The first kappa shape index (κ1) is 19.4. The zero-order valence-corrected chi connectivity index (χ0v) is 17.0. The third-order valence-corrected chi connectivity index (χ3v) is 5.02. The van der Waals surface area contributed by atoms with E-state index >= 15 is 0 Å². The number of para-hydroxylation sites is 1. The Bertz CT molecular complexity index is 1250. The van der Waals surface area contributed by atoms with E-state index in [-0.39, 0.29) is 5.69 Å². The van der Waals surface area contributed by atoms with Crippen molar-refractivity contribution < 1.29 is 0 Å². The maximum atomic E-state index is 12.7.